The summed E-state index contributed by atoms with van der Waals surface area (Å²) in [6.45, 7) is 1.79. The largest absolute Gasteiger partial charge is 0.362 e. The van der Waals surface area contributed by atoms with Crippen molar-refractivity contribution in [2.45, 2.75) is 17.9 Å². The number of hydrogen-bond acceptors (Lipinski definition) is 3. The van der Waals surface area contributed by atoms with E-state index in [1.807, 2.05) is 42.5 Å². The highest BCUT2D eigenvalue weighted by molar-refractivity contribution is 7.89. The van der Waals surface area contributed by atoms with Crippen molar-refractivity contribution in [3.05, 3.63) is 83.7 Å². The number of fused-ring (bicyclic) bond motifs is 1. The van der Waals surface area contributed by atoms with Gasteiger partial charge < -0.3 is 10.3 Å². The number of aromatic amines is 1. The highest BCUT2D eigenvalue weighted by Crippen LogP contribution is 2.34. The fourth-order valence-electron chi connectivity index (χ4n) is 3.18. The van der Waals surface area contributed by atoms with Crippen LogP contribution in [0, 0.1) is 0 Å². The Morgan fingerprint density at radius 1 is 1.04 bits per heavy atom. The van der Waals surface area contributed by atoms with Crippen molar-refractivity contribution in [2.24, 2.45) is 0 Å². The van der Waals surface area contributed by atoms with E-state index in [1.54, 1.807) is 25.3 Å². The SMILES string of the molecule is CC(NS(=O)(=O)c1ccc2c(c1)/C(=C/c1ccc[nH]1)C(=O)N2)c1ccccc1. The van der Waals surface area contributed by atoms with Crippen molar-refractivity contribution in [1.29, 1.82) is 0 Å². The minimum atomic E-state index is -3.76. The highest BCUT2D eigenvalue weighted by atomic mass is 32.2. The molecule has 0 fully saturated rings. The van der Waals surface area contributed by atoms with Crippen molar-refractivity contribution in [2.75, 3.05) is 5.32 Å². The normalized spacial score (nSPS) is 16.0. The molecule has 1 aliphatic rings. The van der Waals surface area contributed by atoms with Gasteiger partial charge in [0.05, 0.1) is 10.5 Å². The van der Waals surface area contributed by atoms with Crippen LogP contribution in [0.2, 0.25) is 0 Å². The Kier molecular flexibility index (Phi) is 4.62. The van der Waals surface area contributed by atoms with Crippen molar-refractivity contribution in [3.8, 4) is 0 Å². The van der Waals surface area contributed by atoms with Crippen LogP contribution in [-0.2, 0) is 14.8 Å². The maximum Gasteiger partial charge on any atom is 0.256 e. The molecule has 3 aromatic rings. The molecule has 2 aromatic carbocycles. The van der Waals surface area contributed by atoms with Gasteiger partial charge in [-0.05, 0) is 48.9 Å². The van der Waals surface area contributed by atoms with E-state index in [-0.39, 0.29) is 16.8 Å². The first-order valence-electron chi connectivity index (χ1n) is 8.82. The summed E-state index contributed by atoms with van der Waals surface area (Å²) in [5.41, 5.74) is 3.22. The lowest BCUT2D eigenvalue weighted by Gasteiger charge is -2.15. The zero-order valence-corrected chi connectivity index (χ0v) is 16.0. The molecule has 7 heteroatoms. The monoisotopic (exact) mass is 393 g/mol. The third-order valence-corrected chi connectivity index (χ3v) is 6.18. The van der Waals surface area contributed by atoms with Crippen LogP contribution in [-0.4, -0.2) is 19.3 Å². The summed E-state index contributed by atoms with van der Waals surface area (Å²) < 4.78 is 28.5. The number of hydrogen-bond donors (Lipinski definition) is 3. The maximum atomic E-state index is 12.9. The Labute approximate surface area is 163 Å². The van der Waals surface area contributed by atoms with E-state index < -0.39 is 10.0 Å². The Bertz CT molecular complexity index is 1150. The van der Waals surface area contributed by atoms with Gasteiger partial charge in [0, 0.05) is 29.2 Å². The van der Waals surface area contributed by atoms with Gasteiger partial charge in [-0.2, -0.15) is 0 Å². The first kappa shape index (κ1) is 18.2. The number of nitrogens with one attached hydrogen (secondary N) is 3. The Morgan fingerprint density at radius 2 is 1.82 bits per heavy atom. The van der Waals surface area contributed by atoms with Gasteiger partial charge in [0.15, 0.2) is 0 Å². The predicted octanol–water partition coefficient (Wildman–Crippen LogP) is 3.55. The lowest BCUT2D eigenvalue weighted by molar-refractivity contribution is -0.110. The van der Waals surface area contributed by atoms with E-state index in [4.69, 9.17) is 0 Å². The van der Waals surface area contributed by atoms with Crippen molar-refractivity contribution in [1.82, 2.24) is 9.71 Å². The topological polar surface area (TPSA) is 91.1 Å². The first-order valence-corrected chi connectivity index (χ1v) is 10.3. The second kappa shape index (κ2) is 7.10. The fourth-order valence-corrected chi connectivity index (χ4v) is 4.44. The smallest absolute Gasteiger partial charge is 0.256 e. The number of H-pyrrole nitrogens is 1. The molecule has 4 rings (SSSR count). The van der Waals surface area contributed by atoms with Crippen molar-refractivity contribution < 1.29 is 13.2 Å². The number of rotatable bonds is 5. The van der Waals surface area contributed by atoms with Gasteiger partial charge in [-0.15, -0.1) is 0 Å². The predicted molar refractivity (Wildman–Crippen MR) is 109 cm³/mol. The molecular formula is C21H19N3O3S. The number of sulfonamides is 1. The van der Waals surface area contributed by atoms with E-state index in [0.29, 0.717) is 16.8 Å². The van der Waals surface area contributed by atoms with Gasteiger partial charge >= 0.3 is 0 Å². The number of carbonyl (C=O) groups is 1. The first-order chi connectivity index (χ1) is 13.4. The number of carbonyl (C=O) groups excluding carboxylic acids is 1. The molecule has 0 radical (unpaired) electrons. The van der Waals surface area contributed by atoms with Crippen LogP contribution in [0.5, 0.6) is 0 Å². The molecule has 0 aliphatic carbocycles. The van der Waals surface area contributed by atoms with Crippen molar-refractivity contribution in [3.63, 3.8) is 0 Å². The molecule has 1 unspecified atom stereocenters. The zero-order chi connectivity index (χ0) is 19.7. The summed E-state index contributed by atoms with van der Waals surface area (Å²) in [6, 6.07) is 17.3. The van der Waals surface area contributed by atoms with Gasteiger partial charge in [0.1, 0.15) is 0 Å². The van der Waals surface area contributed by atoms with Crippen LogP contribution in [0.1, 0.15) is 29.8 Å². The minimum Gasteiger partial charge on any atom is -0.362 e. The average Bonchev–Trinajstić information content (AvgIpc) is 3.30. The summed E-state index contributed by atoms with van der Waals surface area (Å²) in [5.74, 6) is -0.259. The van der Waals surface area contributed by atoms with Gasteiger partial charge in [-0.3, -0.25) is 4.79 Å². The van der Waals surface area contributed by atoms with Crippen LogP contribution >= 0.6 is 0 Å². The molecule has 0 saturated heterocycles. The van der Waals surface area contributed by atoms with E-state index in [1.165, 1.54) is 12.1 Å². The van der Waals surface area contributed by atoms with E-state index in [0.717, 1.165) is 11.3 Å². The molecule has 1 amide bonds. The van der Waals surface area contributed by atoms with Crippen LogP contribution in [0.4, 0.5) is 5.69 Å². The van der Waals surface area contributed by atoms with Crippen LogP contribution in [0.3, 0.4) is 0 Å². The molecule has 28 heavy (non-hydrogen) atoms. The molecule has 0 spiro atoms. The third kappa shape index (κ3) is 3.49. The van der Waals surface area contributed by atoms with Crippen LogP contribution in [0.25, 0.3) is 11.6 Å². The quantitative estimate of drug-likeness (QED) is 0.579. The third-order valence-electron chi connectivity index (χ3n) is 4.64. The second-order valence-corrected chi connectivity index (χ2v) is 8.31. The minimum absolute atomic E-state index is 0.114. The molecule has 1 aliphatic heterocycles. The van der Waals surface area contributed by atoms with Crippen LogP contribution in [0.15, 0.2) is 71.8 Å². The van der Waals surface area contributed by atoms with E-state index >= 15 is 0 Å². The zero-order valence-electron chi connectivity index (χ0n) is 15.1. The summed E-state index contributed by atoms with van der Waals surface area (Å²) in [5, 5.41) is 2.77. The lowest BCUT2D eigenvalue weighted by atomic mass is 10.1. The molecule has 2 heterocycles. The summed E-state index contributed by atoms with van der Waals surface area (Å²) >= 11 is 0. The van der Waals surface area contributed by atoms with Gasteiger partial charge in [0.2, 0.25) is 10.0 Å². The molecular weight excluding hydrogens is 374 g/mol. The number of anilines is 1. The molecule has 6 nitrogen and oxygen atoms in total. The number of amides is 1. The lowest BCUT2D eigenvalue weighted by Crippen LogP contribution is -2.26. The van der Waals surface area contributed by atoms with Gasteiger partial charge in [-0.1, -0.05) is 30.3 Å². The molecule has 0 saturated carbocycles. The Hall–Kier alpha value is -3.16. The number of benzene rings is 2. The maximum absolute atomic E-state index is 12.9. The average molecular weight is 393 g/mol. The molecule has 1 atom stereocenters. The van der Waals surface area contributed by atoms with E-state index in [9.17, 15) is 13.2 Å². The second-order valence-electron chi connectivity index (χ2n) is 6.60. The molecule has 0 bridgehead atoms. The Balaban J connectivity index is 1.67. The number of aromatic nitrogens is 1. The summed E-state index contributed by atoms with van der Waals surface area (Å²) in [7, 11) is -3.76. The highest BCUT2D eigenvalue weighted by Gasteiger charge is 2.27. The van der Waals surface area contributed by atoms with Crippen LogP contribution < -0.4 is 10.0 Å². The summed E-state index contributed by atoms with van der Waals surface area (Å²) in [4.78, 5) is 15.5. The summed E-state index contributed by atoms with van der Waals surface area (Å²) in [6.07, 6.45) is 3.47. The fraction of sp³-hybridized carbons (Fsp3) is 0.0952. The molecule has 142 valence electrons. The van der Waals surface area contributed by atoms with E-state index in [2.05, 4.69) is 15.0 Å². The van der Waals surface area contributed by atoms with Gasteiger partial charge in [-0.25, -0.2) is 13.1 Å². The Morgan fingerprint density at radius 3 is 2.54 bits per heavy atom. The van der Waals surface area contributed by atoms with Gasteiger partial charge in [0.25, 0.3) is 5.91 Å². The molecule has 1 aromatic heterocycles. The molecule has 3 N–H and O–H groups in total. The standard InChI is InChI=1S/C21H19N3O3S/c1-14(15-6-3-2-4-7-15)24-28(26,27)17-9-10-20-18(13-17)19(21(25)23-20)12-16-8-5-11-22-16/h2-14,22,24H,1H3,(H,23,25)/b19-12-. The van der Waals surface area contributed by atoms with Crippen molar-refractivity contribution >= 4 is 33.3 Å².